The molecule has 160 valence electrons. The van der Waals surface area contributed by atoms with Crippen LogP contribution in [0, 0.1) is 0 Å². The molecule has 2 aliphatic heterocycles. The molecule has 3 heterocycles. The second-order valence-electron chi connectivity index (χ2n) is 8.33. The van der Waals surface area contributed by atoms with Crippen LogP contribution in [-0.4, -0.2) is 72.5 Å². The number of anilines is 1. The van der Waals surface area contributed by atoms with E-state index in [2.05, 4.69) is 57.4 Å². The first-order chi connectivity index (χ1) is 14.7. The number of carbonyl (C=O) groups excluding carboxylic acids is 1. The van der Waals surface area contributed by atoms with Crippen molar-refractivity contribution >= 4 is 11.7 Å². The number of likely N-dealkylation sites (tertiary alicyclic amines) is 1. The second-order valence-corrected chi connectivity index (χ2v) is 8.33. The second kappa shape index (κ2) is 10.0. The predicted molar refractivity (Wildman–Crippen MR) is 120 cm³/mol. The van der Waals surface area contributed by atoms with Crippen LogP contribution >= 0.6 is 0 Å². The molecule has 2 unspecified atom stereocenters. The van der Waals surface area contributed by atoms with Gasteiger partial charge in [-0.25, -0.2) is 4.98 Å². The molecule has 0 radical (unpaired) electrons. The lowest BCUT2D eigenvalue weighted by Crippen LogP contribution is -2.49. The number of pyridine rings is 1. The van der Waals surface area contributed by atoms with E-state index in [0.717, 1.165) is 58.1 Å². The van der Waals surface area contributed by atoms with Gasteiger partial charge < -0.3 is 15.1 Å². The molecule has 0 bridgehead atoms. The van der Waals surface area contributed by atoms with E-state index in [4.69, 9.17) is 0 Å². The van der Waals surface area contributed by atoms with Crippen molar-refractivity contribution in [3.05, 3.63) is 60.3 Å². The van der Waals surface area contributed by atoms with Crippen LogP contribution in [0.2, 0.25) is 0 Å². The number of nitrogens with one attached hydrogen (secondary N) is 1. The first-order valence-electron chi connectivity index (χ1n) is 11.2. The van der Waals surface area contributed by atoms with Gasteiger partial charge in [0.05, 0.1) is 0 Å². The third-order valence-corrected chi connectivity index (χ3v) is 6.43. The molecule has 30 heavy (non-hydrogen) atoms. The normalized spacial score (nSPS) is 21.0. The minimum absolute atomic E-state index is 0.260. The third-order valence-electron chi connectivity index (χ3n) is 6.43. The summed E-state index contributed by atoms with van der Waals surface area (Å²) in [4.78, 5) is 23.8. The lowest BCUT2D eigenvalue weighted by atomic mass is 10.1. The van der Waals surface area contributed by atoms with Crippen LogP contribution in [0.5, 0.6) is 0 Å². The van der Waals surface area contributed by atoms with E-state index in [0.29, 0.717) is 18.5 Å². The van der Waals surface area contributed by atoms with Crippen molar-refractivity contribution in [1.29, 1.82) is 0 Å². The Balaban J connectivity index is 1.15. The summed E-state index contributed by atoms with van der Waals surface area (Å²) in [6.07, 6.45) is 3.55. The molecule has 0 saturated carbocycles. The average Bonchev–Trinajstić information content (AvgIpc) is 3.29. The molecule has 2 atom stereocenters. The van der Waals surface area contributed by atoms with Crippen molar-refractivity contribution < 1.29 is 4.79 Å². The smallest absolute Gasteiger partial charge is 0.223 e. The zero-order valence-electron chi connectivity index (χ0n) is 17.9. The summed E-state index contributed by atoms with van der Waals surface area (Å²) in [5.74, 6) is 1.26. The summed E-state index contributed by atoms with van der Waals surface area (Å²) in [7, 11) is 0. The molecule has 4 rings (SSSR count). The zero-order chi connectivity index (χ0) is 20.8. The zero-order valence-corrected chi connectivity index (χ0v) is 17.9. The highest BCUT2D eigenvalue weighted by Crippen LogP contribution is 2.24. The number of hydrogen-bond donors (Lipinski definition) is 1. The molecule has 1 aromatic heterocycles. The number of benzene rings is 1. The van der Waals surface area contributed by atoms with Gasteiger partial charge in [-0.05, 0) is 31.0 Å². The lowest BCUT2D eigenvalue weighted by Gasteiger charge is -2.35. The highest BCUT2D eigenvalue weighted by molar-refractivity contribution is 5.76. The topological polar surface area (TPSA) is 51.7 Å². The van der Waals surface area contributed by atoms with Crippen molar-refractivity contribution in [3.63, 3.8) is 0 Å². The number of piperazine rings is 1. The minimum atomic E-state index is 0.260. The average molecular weight is 408 g/mol. The van der Waals surface area contributed by atoms with Gasteiger partial charge in [0.15, 0.2) is 0 Å². The van der Waals surface area contributed by atoms with Crippen LogP contribution in [0.4, 0.5) is 5.82 Å². The number of carbonyl (C=O) groups is 1. The summed E-state index contributed by atoms with van der Waals surface area (Å²) >= 11 is 0. The fourth-order valence-electron chi connectivity index (χ4n) is 4.52. The van der Waals surface area contributed by atoms with Gasteiger partial charge in [-0.15, -0.1) is 0 Å². The number of hydrogen-bond acceptors (Lipinski definition) is 5. The Kier molecular flexibility index (Phi) is 6.97. The molecule has 1 amide bonds. The van der Waals surface area contributed by atoms with Crippen LogP contribution in [0.1, 0.15) is 31.4 Å². The minimum Gasteiger partial charge on any atom is -0.353 e. The van der Waals surface area contributed by atoms with E-state index in [9.17, 15) is 4.79 Å². The third kappa shape index (κ3) is 5.18. The van der Waals surface area contributed by atoms with Gasteiger partial charge in [0.25, 0.3) is 0 Å². The standard InChI is InChI=1S/C24H33N5O/c1-20(21-7-3-2-4-8-21)29-14-11-22(19-29)25-13-10-24(30)28-17-15-27(16-18-28)23-9-5-6-12-26-23/h2-9,12,20,22,25H,10-11,13-19H2,1H3. The highest BCUT2D eigenvalue weighted by Gasteiger charge is 2.27. The van der Waals surface area contributed by atoms with Gasteiger partial charge in [-0.2, -0.15) is 0 Å². The van der Waals surface area contributed by atoms with Crippen LogP contribution < -0.4 is 10.2 Å². The summed E-state index contributed by atoms with van der Waals surface area (Å²) in [5.41, 5.74) is 1.37. The van der Waals surface area contributed by atoms with Crippen molar-refractivity contribution in [2.45, 2.75) is 31.8 Å². The number of nitrogens with zero attached hydrogens (tertiary/aromatic N) is 4. The Morgan fingerprint density at radius 1 is 1.07 bits per heavy atom. The van der Waals surface area contributed by atoms with E-state index in [1.807, 2.05) is 29.3 Å². The molecular formula is C24H33N5O. The Bertz CT molecular complexity index is 792. The van der Waals surface area contributed by atoms with E-state index in [1.54, 1.807) is 0 Å². The van der Waals surface area contributed by atoms with Crippen molar-refractivity contribution in [2.75, 3.05) is 50.7 Å². The van der Waals surface area contributed by atoms with Crippen LogP contribution in [-0.2, 0) is 4.79 Å². The SMILES string of the molecule is CC(c1ccccc1)N1CCC(NCCC(=O)N2CCN(c3ccccn3)CC2)C1. The number of rotatable bonds is 7. The van der Waals surface area contributed by atoms with Crippen molar-refractivity contribution in [2.24, 2.45) is 0 Å². The number of aromatic nitrogens is 1. The molecule has 2 aliphatic rings. The molecule has 2 saturated heterocycles. The molecule has 6 nitrogen and oxygen atoms in total. The molecule has 1 aromatic carbocycles. The van der Waals surface area contributed by atoms with Crippen molar-refractivity contribution in [3.8, 4) is 0 Å². The predicted octanol–water partition coefficient (Wildman–Crippen LogP) is 2.55. The summed E-state index contributed by atoms with van der Waals surface area (Å²) in [6.45, 7) is 8.46. The summed E-state index contributed by atoms with van der Waals surface area (Å²) in [6, 6.07) is 17.6. The highest BCUT2D eigenvalue weighted by atomic mass is 16.2. The van der Waals surface area contributed by atoms with Crippen LogP contribution in [0.3, 0.4) is 0 Å². The van der Waals surface area contributed by atoms with E-state index < -0.39 is 0 Å². The largest absolute Gasteiger partial charge is 0.353 e. The van der Waals surface area contributed by atoms with Gasteiger partial charge in [0, 0.05) is 70.5 Å². The molecular weight excluding hydrogens is 374 g/mol. The maximum absolute atomic E-state index is 12.6. The quantitative estimate of drug-likeness (QED) is 0.765. The molecule has 0 aliphatic carbocycles. The molecule has 0 spiro atoms. The fraction of sp³-hybridized carbons (Fsp3) is 0.500. The van der Waals surface area contributed by atoms with Crippen LogP contribution in [0.15, 0.2) is 54.7 Å². The molecule has 2 fully saturated rings. The monoisotopic (exact) mass is 407 g/mol. The first-order valence-corrected chi connectivity index (χ1v) is 11.2. The Morgan fingerprint density at radius 3 is 2.57 bits per heavy atom. The summed E-state index contributed by atoms with van der Waals surface area (Å²) < 4.78 is 0. The van der Waals surface area contributed by atoms with Crippen molar-refractivity contribution in [1.82, 2.24) is 20.1 Å². The lowest BCUT2D eigenvalue weighted by molar-refractivity contribution is -0.131. The van der Waals surface area contributed by atoms with E-state index in [1.165, 1.54) is 5.56 Å². The van der Waals surface area contributed by atoms with E-state index >= 15 is 0 Å². The Morgan fingerprint density at radius 2 is 1.83 bits per heavy atom. The summed E-state index contributed by atoms with van der Waals surface area (Å²) in [5, 5.41) is 3.61. The fourth-order valence-corrected chi connectivity index (χ4v) is 4.52. The molecule has 1 N–H and O–H groups in total. The van der Waals surface area contributed by atoms with Gasteiger partial charge >= 0.3 is 0 Å². The Hall–Kier alpha value is -2.44. The van der Waals surface area contributed by atoms with Gasteiger partial charge in [0.1, 0.15) is 5.82 Å². The van der Waals surface area contributed by atoms with E-state index in [-0.39, 0.29) is 5.91 Å². The molecule has 6 heteroatoms. The first kappa shape index (κ1) is 20.8. The van der Waals surface area contributed by atoms with Gasteiger partial charge in [-0.3, -0.25) is 9.69 Å². The number of amides is 1. The van der Waals surface area contributed by atoms with Gasteiger partial charge in [0.2, 0.25) is 5.91 Å². The Labute approximate surface area is 179 Å². The van der Waals surface area contributed by atoms with Gasteiger partial charge in [-0.1, -0.05) is 36.4 Å². The maximum Gasteiger partial charge on any atom is 0.223 e. The molecule has 2 aromatic rings. The maximum atomic E-state index is 12.6. The van der Waals surface area contributed by atoms with Crippen LogP contribution in [0.25, 0.3) is 0 Å².